The highest BCUT2D eigenvalue weighted by atomic mass is 35.5. The van der Waals surface area contributed by atoms with Gasteiger partial charge in [0.2, 0.25) is 0 Å². The van der Waals surface area contributed by atoms with Crippen molar-refractivity contribution in [3.05, 3.63) is 58.7 Å². The molecule has 25 heavy (non-hydrogen) atoms. The Labute approximate surface area is 147 Å². The van der Waals surface area contributed by atoms with Crippen molar-refractivity contribution in [3.8, 4) is 11.5 Å². The van der Waals surface area contributed by atoms with E-state index in [1.165, 1.54) is 24.3 Å². The van der Waals surface area contributed by atoms with Gasteiger partial charge in [0.15, 0.2) is 0 Å². The van der Waals surface area contributed by atoms with Crippen LogP contribution >= 0.6 is 12.4 Å². The van der Waals surface area contributed by atoms with E-state index in [0.717, 1.165) is 12.1 Å². The van der Waals surface area contributed by atoms with Crippen LogP contribution in [0.5, 0.6) is 11.5 Å². The molecule has 136 valence electrons. The third-order valence-corrected chi connectivity index (χ3v) is 3.32. The molecule has 0 radical (unpaired) electrons. The van der Waals surface area contributed by atoms with Crippen molar-refractivity contribution >= 4 is 18.4 Å². The Morgan fingerprint density at radius 1 is 1.20 bits per heavy atom. The maximum absolute atomic E-state index is 12.1. The summed E-state index contributed by atoms with van der Waals surface area (Å²) >= 11 is 0. The van der Waals surface area contributed by atoms with Crippen LogP contribution in [-0.2, 0) is 0 Å². The smallest absolute Gasteiger partial charge is 0.507 e. The zero-order valence-corrected chi connectivity index (χ0v) is 13.7. The molecule has 2 aromatic carbocycles. The van der Waals surface area contributed by atoms with Crippen molar-refractivity contribution in [2.45, 2.75) is 19.3 Å². The third-order valence-electron chi connectivity index (χ3n) is 3.32. The molecule has 5 nitrogen and oxygen atoms in total. The van der Waals surface area contributed by atoms with Crippen molar-refractivity contribution in [3.63, 3.8) is 0 Å². The number of phenols is 1. The molecule has 0 unspecified atom stereocenters. The number of carboxylic acids is 1. The summed E-state index contributed by atoms with van der Waals surface area (Å²) in [5.41, 5.74) is 6.85. The first-order valence-electron chi connectivity index (χ1n) is 6.76. The van der Waals surface area contributed by atoms with Crippen molar-refractivity contribution in [2.75, 3.05) is 0 Å². The summed E-state index contributed by atoms with van der Waals surface area (Å²) in [4.78, 5) is 11.1. The van der Waals surface area contributed by atoms with E-state index in [9.17, 15) is 23.1 Å². The number of hydrogen-bond donors (Lipinski definition) is 3. The highest BCUT2D eigenvalue weighted by molar-refractivity contribution is 5.91. The molecule has 0 amide bonds. The molecular weight excluding hydrogens is 363 g/mol. The van der Waals surface area contributed by atoms with E-state index < -0.39 is 29.9 Å². The van der Waals surface area contributed by atoms with E-state index in [1.807, 2.05) is 0 Å². The number of rotatable bonds is 4. The summed E-state index contributed by atoms with van der Waals surface area (Å²) in [5, 5.41) is 19.2. The number of ether oxygens (including phenoxy) is 1. The summed E-state index contributed by atoms with van der Waals surface area (Å²) < 4.78 is 40.2. The summed E-state index contributed by atoms with van der Waals surface area (Å²) in [7, 11) is 0. The van der Waals surface area contributed by atoms with Crippen molar-refractivity contribution in [1.82, 2.24) is 0 Å². The van der Waals surface area contributed by atoms with Crippen LogP contribution < -0.4 is 10.5 Å². The minimum Gasteiger partial charge on any atom is -0.507 e. The highest BCUT2D eigenvalue weighted by Gasteiger charge is 2.31. The second kappa shape index (κ2) is 7.62. The first-order chi connectivity index (χ1) is 11.1. The fraction of sp³-hybridized carbons (Fsp3) is 0.188. The molecule has 0 bridgehead atoms. The quantitative estimate of drug-likeness (QED) is 0.754. The summed E-state index contributed by atoms with van der Waals surface area (Å²) in [6.45, 7) is 1.64. The topological polar surface area (TPSA) is 92.8 Å². The van der Waals surface area contributed by atoms with Gasteiger partial charge in [0.05, 0.1) is 6.04 Å². The average Bonchev–Trinajstić information content (AvgIpc) is 2.47. The second-order valence-electron chi connectivity index (χ2n) is 5.15. The Balaban J connectivity index is 0.00000312. The number of alkyl halides is 3. The molecule has 9 heteroatoms. The zero-order chi connectivity index (χ0) is 18.1. The molecule has 0 saturated heterocycles. The van der Waals surface area contributed by atoms with E-state index in [0.29, 0.717) is 11.1 Å². The van der Waals surface area contributed by atoms with Gasteiger partial charge in [-0.1, -0.05) is 18.2 Å². The van der Waals surface area contributed by atoms with Crippen LogP contribution in [0, 0.1) is 6.92 Å². The maximum Gasteiger partial charge on any atom is 0.573 e. The molecule has 0 saturated carbocycles. The van der Waals surface area contributed by atoms with Gasteiger partial charge in [0.1, 0.15) is 17.1 Å². The van der Waals surface area contributed by atoms with Crippen LogP contribution in [-0.4, -0.2) is 22.5 Å². The van der Waals surface area contributed by atoms with Crippen molar-refractivity contribution in [1.29, 1.82) is 0 Å². The number of aryl methyl sites for hydroxylation is 1. The fourth-order valence-electron chi connectivity index (χ4n) is 2.26. The molecular formula is C16H15ClF3NO4. The first kappa shape index (κ1) is 20.6. The van der Waals surface area contributed by atoms with Crippen molar-refractivity contribution < 1.29 is 32.9 Å². The van der Waals surface area contributed by atoms with Gasteiger partial charge in [-0.3, -0.25) is 0 Å². The monoisotopic (exact) mass is 377 g/mol. The van der Waals surface area contributed by atoms with Crippen LogP contribution in [0.1, 0.15) is 33.1 Å². The van der Waals surface area contributed by atoms with Gasteiger partial charge in [-0.2, -0.15) is 0 Å². The molecule has 0 aliphatic rings. The molecule has 0 aliphatic carbocycles. The number of carboxylic acid groups (broad SMARTS) is 1. The molecule has 0 heterocycles. The molecule has 0 spiro atoms. The summed E-state index contributed by atoms with van der Waals surface area (Å²) in [6.07, 6.45) is -4.80. The fourth-order valence-corrected chi connectivity index (χ4v) is 2.26. The summed E-state index contributed by atoms with van der Waals surface area (Å²) in [5.74, 6) is -2.19. The van der Waals surface area contributed by atoms with Gasteiger partial charge in [0.25, 0.3) is 0 Å². The maximum atomic E-state index is 12.1. The first-order valence-corrected chi connectivity index (χ1v) is 6.76. The Bertz CT molecular complexity index is 763. The lowest BCUT2D eigenvalue weighted by atomic mass is 9.94. The molecule has 2 aromatic rings. The van der Waals surface area contributed by atoms with E-state index >= 15 is 0 Å². The van der Waals surface area contributed by atoms with E-state index in [4.69, 9.17) is 10.8 Å². The Morgan fingerprint density at radius 3 is 2.24 bits per heavy atom. The number of hydrogen-bond acceptors (Lipinski definition) is 4. The van der Waals surface area contributed by atoms with Crippen LogP contribution in [0.25, 0.3) is 0 Å². The minimum absolute atomic E-state index is 0. The number of halogens is 4. The van der Waals surface area contributed by atoms with Crippen LogP contribution in [0.4, 0.5) is 13.2 Å². The Kier molecular flexibility index (Phi) is 6.28. The number of carbonyl (C=O) groups is 1. The zero-order valence-electron chi connectivity index (χ0n) is 12.9. The van der Waals surface area contributed by atoms with E-state index in [1.54, 1.807) is 6.92 Å². The van der Waals surface area contributed by atoms with Crippen LogP contribution in [0.15, 0.2) is 36.4 Å². The van der Waals surface area contributed by atoms with Gasteiger partial charge in [-0.05, 0) is 36.2 Å². The lowest BCUT2D eigenvalue weighted by molar-refractivity contribution is -0.274. The molecule has 0 fully saturated rings. The van der Waals surface area contributed by atoms with Gasteiger partial charge < -0.3 is 20.7 Å². The number of aromatic carboxylic acids is 1. The number of aromatic hydroxyl groups is 1. The van der Waals surface area contributed by atoms with Gasteiger partial charge >= 0.3 is 12.3 Å². The van der Waals surface area contributed by atoms with Gasteiger partial charge in [-0.15, -0.1) is 25.6 Å². The molecule has 2 rings (SSSR count). The van der Waals surface area contributed by atoms with Crippen molar-refractivity contribution in [2.24, 2.45) is 5.73 Å². The highest BCUT2D eigenvalue weighted by Crippen LogP contribution is 2.33. The van der Waals surface area contributed by atoms with E-state index in [-0.39, 0.29) is 23.5 Å². The Morgan fingerprint density at radius 2 is 1.76 bits per heavy atom. The van der Waals surface area contributed by atoms with Gasteiger partial charge in [-0.25, -0.2) is 4.79 Å². The molecule has 0 aliphatic heterocycles. The Hall–Kier alpha value is -2.45. The normalized spacial score (nSPS) is 12.2. The molecule has 0 aromatic heterocycles. The lowest BCUT2D eigenvalue weighted by Gasteiger charge is -2.17. The second-order valence-corrected chi connectivity index (χ2v) is 5.15. The minimum atomic E-state index is -4.80. The molecule has 1 atom stereocenters. The largest absolute Gasteiger partial charge is 0.573 e. The third kappa shape index (κ3) is 5.01. The standard InChI is InChI=1S/C16H14F3NO4.ClH/c1-8-6-11(14(21)12(7-8)15(22)23)13(20)9-2-4-10(5-3-9)24-16(17,18)19;/h2-7,13,21H,20H2,1H3,(H,22,23);1H/t13-;/m1./s1. The lowest BCUT2D eigenvalue weighted by Crippen LogP contribution is -2.17. The van der Waals surface area contributed by atoms with E-state index in [2.05, 4.69) is 4.74 Å². The number of benzene rings is 2. The van der Waals surface area contributed by atoms with Crippen LogP contribution in [0.3, 0.4) is 0 Å². The van der Waals surface area contributed by atoms with Crippen LogP contribution in [0.2, 0.25) is 0 Å². The summed E-state index contributed by atoms with van der Waals surface area (Å²) in [6, 6.07) is 6.71. The number of nitrogens with two attached hydrogens (primary N) is 1. The SMILES string of the molecule is Cc1cc(C(=O)O)c(O)c([C@H](N)c2ccc(OC(F)(F)F)cc2)c1.Cl. The molecule has 4 N–H and O–H groups in total. The average molecular weight is 378 g/mol. The van der Waals surface area contributed by atoms with Gasteiger partial charge in [0, 0.05) is 5.56 Å². The predicted octanol–water partition coefficient (Wildman–Crippen LogP) is 3.77. The predicted molar refractivity (Wildman–Crippen MR) is 86.2 cm³/mol.